The van der Waals surface area contributed by atoms with Gasteiger partial charge >= 0.3 is 0 Å². The Hall–Kier alpha value is -1.22. The third-order valence-electron chi connectivity index (χ3n) is 1.94. The maximum Gasteiger partial charge on any atom is 0.170 e. The quantitative estimate of drug-likeness (QED) is 0.694. The van der Waals surface area contributed by atoms with Crippen LogP contribution in [0.1, 0.15) is 16.8 Å². The maximum absolute atomic E-state index is 11.3. The molecule has 0 fully saturated rings. The first-order valence-electron chi connectivity index (χ1n) is 3.87. The van der Waals surface area contributed by atoms with E-state index in [0.717, 1.165) is 0 Å². The van der Waals surface area contributed by atoms with Crippen molar-refractivity contribution in [2.24, 2.45) is 0 Å². The Morgan fingerprint density at radius 3 is 3.00 bits per heavy atom. The first-order valence-corrected chi connectivity index (χ1v) is 4.25. The first kappa shape index (κ1) is 8.38. The van der Waals surface area contributed by atoms with Gasteiger partial charge in [0.05, 0.1) is 17.2 Å². The van der Waals surface area contributed by atoms with E-state index in [9.17, 15) is 9.90 Å². The summed E-state index contributed by atoms with van der Waals surface area (Å²) >= 11 is 5.65. The zero-order valence-corrected chi connectivity index (χ0v) is 7.47. The van der Waals surface area contributed by atoms with Crippen LogP contribution in [0.3, 0.4) is 0 Å². The maximum atomic E-state index is 11.3. The van der Waals surface area contributed by atoms with Gasteiger partial charge in [-0.3, -0.25) is 4.79 Å². The molecule has 0 aromatic heterocycles. The Labute approximate surface area is 79.9 Å². The molecule has 0 saturated heterocycles. The highest BCUT2D eigenvalue weighted by atomic mass is 35.5. The number of aromatic hydroxyl groups is 1. The number of ketones is 1. The van der Waals surface area contributed by atoms with Gasteiger partial charge in [0.15, 0.2) is 5.78 Å². The number of carbonyl (C=O) groups excluding carboxylic acids is 1. The van der Waals surface area contributed by atoms with E-state index in [1.54, 1.807) is 0 Å². The van der Waals surface area contributed by atoms with E-state index in [1.807, 2.05) is 0 Å². The molecule has 0 unspecified atom stereocenters. The summed E-state index contributed by atoms with van der Waals surface area (Å²) in [4.78, 5) is 11.3. The highest BCUT2D eigenvalue weighted by Gasteiger charge is 2.20. The normalized spacial score (nSPS) is 15.0. The summed E-state index contributed by atoms with van der Waals surface area (Å²) in [5.74, 6) is 0.358. The number of fused-ring (bicyclic) bond motifs is 1. The summed E-state index contributed by atoms with van der Waals surface area (Å²) in [6.07, 6.45) is 0.369. The highest BCUT2D eigenvalue weighted by molar-refractivity contribution is 6.32. The molecule has 1 aliphatic rings. The molecule has 0 amide bonds. The molecule has 0 spiro atoms. The minimum Gasteiger partial charge on any atom is -0.506 e. The minimum atomic E-state index is -0.0601. The van der Waals surface area contributed by atoms with Crippen molar-refractivity contribution >= 4 is 17.4 Å². The molecule has 3 nitrogen and oxygen atoms in total. The lowest BCUT2D eigenvalue weighted by molar-refractivity contribution is 0.0933. The van der Waals surface area contributed by atoms with E-state index in [-0.39, 0.29) is 16.6 Å². The number of hydrogen-bond acceptors (Lipinski definition) is 3. The molecule has 0 atom stereocenters. The van der Waals surface area contributed by atoms with Gasteiger partial charge in [0, 0.05) is 12.5 Å². The van der Waals surface area contributed by atoms with Crippen molar-refractivity contribution in [2.75, 3.05) is 6.61 Å². The Bertz CT molecular complexity index is 373. The summed E-state index contributed by atoms with van der Waals surface area (Å²) in [7, 11) is 0. The topological polar surface area (TPSA) is 46.5 Å². The SMILES string of the molecule is O=C1CCOc2cc(O)c(Cl)cc21. The van der Waals surface area contributed by atoms with Gasteiger partial charge in [0.25, 0.3) is 0 Å². The second-order valence-corrected chi connectivity index (χ2v) is 3.23. The van der Waals surface area contributed by atoms with Crippen molar-refractivity contribution in [1.29, 1.82) is 0 Å². The van der Waals surface area contributed by atoms with Crippen LogP contribution in [0.5, 0.6) is 11.5 Å². The van der Waals surface area contributed by atoms with E-state index >= 15 is 0 Å². The van der Waals surface area contributed by atoms with E-state index < -0.39 is 0 Å². The summed E-state index contributed by atoms with van der Waals surface area (Å²) in [6.45, 7) is 0.368. The number of halogens is 1. The Morgan fingerprint density at radius 2 is 2.23 bits per heavy atom. The predicted octanol–water partition coefficient (Wildman–Crippen LogP) is 2.01. The van der Waals surface area contributed by atoms with E-state index in [0.29, 0.717) is 24.3 Å². The van der Waals surface area contributed by atoms with Crippen molar-refractivity contribution in [3.8, 4) is 11.5 Å². The molecule has 1 N–H and O–H groups in total. The lowest BCUT2D eigenvalue weighted by atomic mass is 10.1. The number of ether oxygens (including phenoxy) is 1. The molecule has 4 heteroatoms. The molecular weight excluding hydrogens is 192 g/mol. The largest absolute Gasteiger partial charge is 0.506 e. The molecule has 13 heavy (non-hydrogen) atoms. The molecule has 0 bridgehead atoms. The van der Waals surface area contributed by atoms with Gasteiger partial charge in [-0.1, -0.05) is 11.6 Å². The lowest BCUT2D eigenvalue weighted by Gasteiger charge is -2.16. The van der Waals surface area contributed by atoms with Gasteiger partial charge in [-0.05, 0) is 6.07 Å². The number of benzene rings is 1. The fourth-order valence-corrected chi connectivity index (χ4v) is 1.43. The molecule has 68 valence electrons. The van der Waals surface area contributed by atoms with Crippen LogP contribution >= 0.6 is 11.6 Å². The highest BCUT2D eigenvalue weighted by Crippen LogP contribution is 2.34. The van der Waals surface area contributed by atoms with Gasteiger partial charge < -0.3 is 9.84 Å². The Balaban J connectivity index is 2.58. The second-order valence-electron chi connectivity index (χ2n) is 2.82. The van der Waals surface area contributed by atoms with Crippen LogP contribution in [0, 0.1) is 0 Å². The van der Waals surface area contributed by atoms with Crippen LogP contribution in [-0.2, 0) is 0 Å². The molecule has 1 aromatic carbocycles. The summed E-state index contributed by atoms with van der Waals surface area (Å²) in [6, 6.07) is 2.81. The Kier molecular flexibility index (Phi) is 1.88. The third kappa shape index (κ3) is 1.35. The average Bonchev–Trinajstić information content (AvgIpc) is 2.09. The summed E-state index contributed by atoms with van der Waals surface area (Å²) in [5, 5.41) is 9.42. The zero-order valence-electron chi connectivity index (χ0n) is 6.71. The summed E-state index contributed by atoms with van der Waals surface area (Å²) in [5.41, 5.74) is 0.453. The third-order valence-corrected chi connectivity index (χ3v) is 2.24. The number of phenols is 1. The Morgan fingerprint density at radius 1 is 1.46 bits per heavy atom. The van der Waals surface area contributed by atoms with Crippen molar-refractivity contribution in [3.63, 3.8) is 0 Å². The first-order chi connectivity index (χ1) is 6.18. The average molecular weight is 199 g/mol. The van der Waals surface area contributed by atoms with Crippen molar-refractivity contribution in [1.82, 2.24) is 0 Å². The number of hydrogen-bond donors (Lipinski definition) is 1. The van der Waals surface area contributed by atoms with Gasteiger partial charge in [0.2, 0.25) is 0 Å². The summed E-state index contributed by atoms with van der Waals surface area (Å²) < 4.78 is 5.19. The van der Waals surface area contributed by atoms with Crippen LogP contribution in [-0.4, -0.2) is 17.5 Å². The molecule has 1 aliphatic heterocycles. The van der Waals surface area contributed by atoms with E-state index in [4.69, 9.17) is 16.3 Å². The van der Waals surface area contributed by atoms with Crippen LogP contribution in [0.4, 0.5) is 0 Å². The fourth-order valence-electron chi connectivity index (χ4n) is 1.27. The molecule has 0 saturated carbocycles. The number of rotatable bonds is 0. The number of phenolic OH excluding ortho intramolecular Hbond substituents is 1. The van der Waals surface area contributed by atoms with Crippen molar-refractivity contribution in [2.45, 2.75) is 6.42 Å². The lowest BCUT2D eigenvalue weighted by Crippen LogP contribution is -2.14. The molecular formula is C9H7ClO3. The molecule has 0 radical (unpaired) electrons. The minimum absolute atomic E-state index is 0.00292. The van der Waals surface area contributed by atoms with Crippen LogP contribution < -0.4 is 4.74 Å². The van der Waals surface area contributed by atoms with Gasteiger partial charge in [-0.2, -0.15) is 0 Å². The van der Waals surface area contributed by atoms with Crippen LogP contribution in [0.15, 0.2) is 12.1 Å². The smallest absolute Gasteiger partial charge is 0.170 e. The second kappa shape index (κ2) is 2.92. The van der Waals surface area contributed by atoms with E-state index in [1.165, 1.54) is 12.1 Å². The standard InChI is InChI=1S/C9H7ClO3/c10-6-3-5-7(11)1-2-13-9(5)4-8(6)12/h3-4,12H,1-2H2. The fraction of sp³-hybridized carbons (Fsp3) is 0.222. The van der Waals surface area contributed by atoms with E-state index in [2.05, 4.69) is 0 Å². The molecule has 2 rings (SSSR count). The van der Waals surface area contributed by atoms with Crippen LogP contribution in [0.25, 0.3) is 0 Å². The monoisotopic (exact) mass is 198 g/mol. The molecule has 1 aromatic rings. The molecule has 0 aliphatic carbocycles. The van der Waals surface area contributed by atoms with Crippen molar-refractivity contribution in [3.05, 3.63) is 22.7 Å². The zero-order chi connectivity index (χ0) is 9.42. The molecule has 1 heterocycles. The predicted molar refractivity (Wildman–Crippen MR) is 47.6 cm³/mol. The van der Waals surface area contributed by atoms with Gasteiger partial charge in [-0.15, -0.1) is 0 Å². The number of carbonyl (C=O) groups is 1. The van der Waals surface area contributed by atoms with Gasteiger partial charge in [-0.25, -0.2) is 0 Å². The number of Topliss-reactive ketones (excluding diaryl/α,β-unsaturated/α-hetero) is 1. The van der Waals surface area contributed by atoms with Gasteiger partial charge in [0.1, 0.15) is 11.5 Å². The van der Waals surface area contributed by atoms with Crippen LogP contribution in [0.2, 0.25) is 5.02 Å². The van der Waals surface area contributed by atoms with Crippen molar-refractivity contribution < 1.29 is 14.6 Å².